The summed E-state index contributed by atoms with van der Waals surface area (Å²) in [5.41, 5.74) is 9.18. The van der Waals surface area contributed by atoms with Gasteiger partial charge in [0.1, 0.15) is 5.75 Å². The van der Waals surface area contributed by atoms with Gasteiger partial charge in [-0.3, -0.25) is 0 Å². The van der Waals surface area contributed by atoms with Crippen molar-refractivity contribution in [2.45, 2.75) is 45.4 Å². The van der Waals surface area contributed by atoms with E-state index >= 15 is 0 Å². The lowest BCUT2D eigenvalue weighted by Gasteiger charge is -2.13. The fraction of sp³-hybridized carbons (Fsp3) is 0.333. The Morgan fingerprint density at radius 1 is 1.12 bits per heavy atom. The third kappa shape index (κ3) is 4.57. The van der Waals surface area contributed by atoms with Crippen molar-refractivity contribution in [3.8, 4) is 5.75 Å². The second-order valence-corrected chi connectivity index (χ2v) is 6.93. The van der Waals surface area contributed by atoms with Gasteiger partial charge >= 0.3 is 0 Å². The smallest absolute Gasteiger partial charge is 0.123 e. The zero-order valence-electron chi connectivity index (χ0n) is 16.2. The summed E-state index contributed by atoms with van der Waals surface area (Å²) in [6.07, 6.45) is 9.04. The van der Waals surface area contributed by atoms with Crippen LogP contribution in [0.3, 0.4) is 0 Å². The predicted molar refractivity (Wildman–Crippen MR) is 112 cm³/mol. The molecule has 2 nitrogen and oxygen atoms in total. The largest absolute Gasteiger partial charge is 0.507 e. The van der Waals surface area contributed by atoms with E-state index in [0.29, 0.717) is 5.41 Å². The molecule has 3 rings (SSSR count). The number of para-hydroxylation sites is 1. The third-order valence-electron chi connectivity index (χ3n) is 5.36. The van der Waals surface area contributed by atoms with Gasteiger partial charge in [0, 0.05) is 17.3 Å². The molecule has 2 atom stereocenters. The lowest BCUT2D eigenvalue weighted by Crippen LogP contribution is -2.06. The van der Waals surface area contributed by atoms with E-state index in [1.54, 1.807) is 17.7 Å². The molecule has 0 aliphatic heterocycles. The zero-order valence-corrected chi connectivity index (χ0v) is 16.2. The molecule has 0 bridgehead atoms. The molecule has 1 fully saturated rings. The number of rotatable bonds is 5. The van der Waals surface area contributed by atoms with Gasteiger partial charge in [-0.15, -0.1) is 0 Å². The summed E-state index contributed by atoms with van der Waals surface area (Å²) in [6.45, 7) is 6.71. The minimum Gasteiger partial charge on any atom is -0.507 e. The van der Waals surface area contributed by atoms with E-state index in [1.807, 2.05) is 24.3 Å². The van der Waals surface area contributed by atoms with Gasteiger partial charge in [0.05, 0.1) is 0 Å². The summed E-state index contributed by atoms with van der Waals surface area (Å²) in [5.74, 6) is 1.15. The van der Waals surface area contributed by atoms with Crippen LogP contribution in [0, 0.1) is 5.92 Å². The first-order valence-corrected chi connectivity index (χ1v) is 9.51. The summed E-state index contributed by atoms with van der Waals surface area (Å²) < 4.78 is 0. The Hall–Kier alpha value is -2.48. The number of hydrogen-bond acceptors (Lipinski definition) is 2. The number of aromatic hydroxyl groups is 1. The average Bonchev–Trinajstić information content (AvgIpc) is 3.36. The van der Waals surface area contributed by atoms with Gasteiger partial charge in [0.15, 0.2) is 0 Å². The van der Waals surface area contributed by atoms with E-state index in [2.05, 4.69) is 51.1 Å². The van der Waals surface area contributed by atoms with Crippen molar-refractivity contribution in [3.05, 3.63) is 84.1 Å². The maximum atomic E-state index is 9.58. The van der Waals surface area contributed by atoms with Crippen molar-refractivity contribution in [1.29, 1.82) is 0 Å². The van der Waals surface area contributed by atoms with Crippen molar-refractivity contribution in [2.75, 3.05) is 0 Å². The van der Waals surface area contributed by atoms with E-state index in [-0.39, 0.29) is 5.75 Å². The van der Waals surface area contributed by atoms with E-state index in [4.69, 9.17) is 5.73 Å². The maximum absolute atomic E-state index is 9.58. The molecule has 2 heteroatoms. The molecule has 1 saturated carbocycles. The van der Waals surface area contributed by atoms with Crippen molar-refractivity contribution in [3.63, 3.8) is 0 Å². The predicted octanol–water partition coefficient (Wildman–Crippen LogP) is 6.03. The first-order valence-electron chi connectivity index (χ1n) is 9.51. The normalized spacial score (nSPS) is 22.0. The first-order chi connectivity index (χ1) is 12.6. The molecule has 2 aromatic carbocycles. The van der Waals surface area contributed by atoms with Gasteiger partial charge in [0.25, 0.3) is 0 Å². The Morgan fingerprint density at radius 2 is 1.73 bits per heavy atom. The summed E-state index contributed by atoms with van der Waals surface area (Å²) in [6, 6.07) is 18.1. The Bertz CT molecular complexity index is 744. The molecule has 138 valence electrons. The summed E-state index contributed by atoms with van der Waals surface area (Å²) in [7, 11) is 0. The van der Waals surface area contributed by atoms with Crippen molar-refractivity contribution in [2.24, 2.45) is 11.7 Å². The van der Waals surface area contributed by atoms with E-state index in [1.165, 1.54) is 19.0 Å². The van der Waals surface area contributed by atoms with Crippen LogP contribution in [0.15, 0.2) is 72.9 Å². The Morgan fingerprint density at radius 3 is 2.23 bits per heavy atom. The van der Waals surface area contributed by atoms with Crippen LogP contribution >= 0.6 is 0 Å². The van der Waals surface area contributed by atoms with Gasteiger partial charge in [-0.25, -0.2) is 0 Å². The van der Waals surface area contributed by atoms with Crippen LogP contribution in [0.25, 0.3) is 5.57 Å². The van der Waals surface area contributed by atoms with Crippen LogP contribution in [0.2, 0.25) is 0 Å². The molecule has 1 aliphatic carbocycles. The quantitative estimate of drug-likeness (QED) is 0.647. The minimum absolute atomic E-state index is 0.255. The van der Waals surface area contributed by atoms with E-state index < -0.39 is 0 Å². The number of allylic oxidation sites excluding steroid dienone is 3. The Balaban J connectivity index is 0.000000189. The summed E-state index contributed by atoms with van der Waals surface area (Å²) in [5, 5.41) is 9.58. The highest BCUT2D eigenvalue weighted by Gasteiger charge is 2.50. The second kappa shape index (κ2) is 9.28. The minimum atomic E-state index is 0.255. The number of benzene rings is 2. The average molecular weight is 350 g/mol. The molecular weight excluding hydrogens is 318 g/mol. The fourth-order valence-electron chi connectivity index (χ4n) is 3.55. The maximum Gasteiger partial charge on any atom is 0.123 e. The van der Waals surface area contributed by atoms with E-state index in [9.17, 15) is 5.11 Å². The standard InChI is InChI=1S/C12H15NO.C12H16/c1-2-3-6-10(9-13)11-7-4-5-8-12(11)14;1-3-12(9-10(12)2)11-7-5-4-6-8-11/h3-9,14H,2,13H2,1H3;4-8,10H,3,9H2,1-2H3/b6-3-,10-9+;. The van der Waals surface area contributed by atoms with Crippen LogP contribution in [-0.2, 0) is 5.41 Å². The van der Waals surface area contributed by atoms with Crippen molar-refractivity contribution in [1.82, 2.24) is 0 Å². The molecule has 0 heterocycles. The van der Waals surface area contributed by atoms with Crippen LogP contribution in [-0.4, -0.2) is 5.11 Å². The van der Waals surface area contributed by atoms with Gasteiger partial charge in [-0.2, -0.15) is 0 Å². The molecule has 2 aromatic rings. The molecule has 26 heavy (non-hydrogen) atoms. The number of nitrogens with two attached hydrogens (primary N) is 1. The molecule has 0 amide bonds. The van der Waals surface area contributed by atoms with Crippen LogP contribution in [0.1, 0.15) is 51.2 Å². The molecular formula is C24H31NO. The second-order valence-electron chi connectivity index (χ2n) is 6.93. The highest BCUT2D eigenvalue weighted by Crippen LogP contribution is 2.56. The third-order valence-corrected chi connectivity index (χ3v) is 5.36. The van der Waals surface area contributed by atoms with Gasteiger partial charge < -0.3 is 10.8 Å². The zero-order chi connectivity index (χ0) is 19.0. The Labute approximate surface area is 158 Å². The van der Waals surface area contributed by atoms with Gasteiger partial charge in [-0.05, 0) is 42.2 Å². The topological polar surface area (TPSA) is 46.2 Å². The van der Waals surface area contributed by atoms with Gasteiger partial charge in [0.2, 0.25) is 0 Å². The van der Waals surface area contributed by atoms with Crippen LogP contribution in [0.4, 0.5) is 0 Å². The summed E-state index contributed by atoms with van der Waals surface area (Å²) >= 11 is 0. The molecule has 3 N–H and O–H groups in total. The number of phenols is 1. The highest BCUT2D eigenvalue weighted by atomic mass is 16.3. The lowest BCUT2D eigenvalue weighted by atomic mass is 9.91. The molecule has 0 aromatic heterocycles. The number of hydrogen-bond donors (Lipinski definition) is 2. The molecule has 1 aliphatic rings. The SMILES string of the molecule is CC/C=C\C(=C/N)c1ccccc1O.CCC1(c2ccccc2)CC1C. The fourth-order valence-corrected chi connectivity index (χ4v) is 3.55. The molecule has 0 saturated heterocycles. The molecule has 2 unspecified atom stereocenters. The highest BCUT2D eigenvalue weighted by molar-refractivity contribution is 5.77. The van der Waals surface area contributed by atoms with Crippen LogP contribution in [0.5, 0.6) is 5.75 Å². The number of phenolic OH excluding ortho intramolecular Hbond substituents is 1. The molecule has 0 radical (unpaired) electrons. The first kappa shape index (κ1) is 19.8. The molecule has 0 spiro atoms. The van der Waals surface area contributed by atoms with Crippen molar-refractivity contribution < 1.29 is 5.11 Å². The summed E-state index contributed by atoms with van der Waals surface area (Å²) in [4.78, 5) is 0. The monoisotopic (exact) mass is 349 g/mol. The van der Waals surface area contributed by atoms with E-state index in [0.717, 1.165) is 23.5 Å². The van der Waals surface area contributed by atoms with Crippen molar-refractivity contribution >= 4 is 5.57 Å². The Kier molecular flexibility index (Phi) is 7.08. The van der Waals surface area contributed by atoms with Gasteiger partial charge in [-0.1, -0.05) is 81.5 Å². The van der Waals surface area contributed by atoms with Crippen LogP contribution < -0.4 is 5.73 Å². The lowest BCUT2D eigenvalue weighted by molar-refractivity contribution is 0.473.